The first-order valence-corrected chi connectivity index (χ1v) is 9.24. The standard InChI is InChI=1S/C17H20N6OS.ClH/c1-10-16(21-22-23(10)13-5-7-18-8-6-13)17(24)20-12-3-4-14-15(9-12)25-11(2)19-14;/h3-4,9,13,18H,5-8H2,1-2H3,(H,20,24);1H. The fourth-order valence-corrected chi connectivity index (χ4v) is 4.12. The van der Waals surface area contributed by atoms with Gasteiger partial charge in [0.25, 0.3) is 5.91 Å². The van der Waals surface area contributed by atoms with Crippen LogP contribution in [0.15, 0.2) is 18.2 Å². The third-order valence-electron chi connectivity index (χ3n) is 4.55. The summed E-state index contributed by atoms with van der Waals surface area (Å²) in [5.74, 6) is -0.224. The first-order chi connectivity index (χ1) is 12.1. The van der Waals surface area contributed by atoms with Gasteiger partial charge >= 0.3 is 0 Å². The van der Waals surface area contributed by atoms with Gasteiger partial charge in [-0.15, -0.1) is 28.8 Å². The van der Waals surface area contributed by atoms with Gasteiger partial charge in [-0.05, 0) is 58.0 Å². The number of nitrogens with zero attached hydrogens (tertiary/aromatic N) is 4. The topological polar surface area (TPSA) is 84.7 Å². The maximum atomic E-state index is 12.6. The molecule has 2 aromatic heterocycles. The van der Waals surface area contributed by atoms with E-state index in [1.807, 2.05) is 36.7 Å². The Labute approximate surface area is 161 Å². The average Bonchev–Trinajstić information content (AvgIpc) is 3.17. The number of halogens is 1. The number of carbonyl (C=O) groups is 1. The number of amides is 1. The summed E-state index contributed by atoms with van der Waals surface area (Å²) in [5.41, 5.74) is 2.91. The van der Waals surface area contributed by atoms with Crippen LogP contribution in [0.1, 0.15) is 40.1 Å². The van der Waals surface area contributed by atoms with Crippen molar-refractivity contribution in [2.75, 3.05) is 18.4 Å². The molecule has 0 radical (unpaired) electrons. The Morgan fingerprint density at radius 3 is 2.85 bits per heavy atom. The highest BCUT2D eigenvalue weighted by Crippen LogP contribution is 2.25. The minimum atomic E-state index is -0.224. The van der Waals surface area contributed by atoms with Gasteiger partial charge in [0.1, 0.15) is 0 Å². The van der Waals surface area contributed by atoms with Gasteiger partial charge in [0, 0.05) is 5.69 Å². The zero-order chi connectivity index (χ0) is 17.4. The second-order valence-corrected chi connectivity index (χ2v) is 7.55. The minimum absolute atomic E-state index is 0. The van der Waals surface area contributed by atoms with Crippen molar-refractivity contribution in [1.82, 2.24) is 25.3 Å². The molecule has 1 aliphatic heterocycles. The number of anilines is 1. The monoisotopic (exact) mass is 392 g/mol. The van der Waals surface area contributed by atoms with Crippen LogP contribution in [0.5, 0.6) is 0 Å². The van der Waals surface area contributed by atoms with E-state index in [9.17, 15) is 4.79 Å². The molecule has 0 unspecified atom stereocenters. The van der Waals surface area contributed by atoms with Crippen LogP contribution in [0.25, 0.3) is 10.2 Å². The number of piperidine rings is 1. The second kappa shape index (κ2) is 7.69. The van der Waals surface area contributed by atoms with Crippen LogP contribution < -0.4 is 10.6 Å². The molecule has 4 rings (SSSR count). The van der Waals surface area contributed by atoms with E-state index in [1.54, 1.807) is 11.3 Å². The predicted octanol–water partition coefficient (Wildman–Crippen LogP) is 3.10. The second-order valence-electron chi connectivity index (χ2n) is 6.32. The summed E-state index contributed by atoms with van der Waals surface area (Å²) in [7, 11) is 0. The van der Waals surface area contributed by atoms with Crippen molar-refractivity contribution in [2.24, 2.45) is 0 Å². The zero-order valence-corrected chi connectivity index (χ0v) is 16.3. The van der Waals surface area contributed by atoms with Gasteiger partial charge in [-0.25, -0.2) is 9.67 Å². The average molecular weight is 393 g/mol. The highest BCUT2D eigenvalue weighted by Gasteiger charge is 2.23. The lowest BCUT2D eigenvalue weighted by Crippen LogP contribution is -2.30. The first-order valence-electron chi connectivity index (χ1n) is 8.43. The van der Waals surface area contributed by atoms with Crippen LogP contribution in [-0.2, 0) is 0 Å². The molecule has 1 saturated heterocycles. The van der Waals surface area contributed by atoms with E-state index in [-0.39, 0.29) is 18.3 Å². The molecule has 9 heteroatoms. The number of hydrogen-bond donors (Lipinski definition) is 2. The number of aromatic nitrogens is 4. The maximum Gasteiger partial charge on any atom is 0.278 e. The van der Waals surface area contributed by atoms with Gasteiger partial charge < -0.3 is 10.6 Å². The minimum Gasteiger partial charge on any atom is -0.320 e. The molecule has 26 heavy (non-hydrogen) atoms. The van der Waals surface area contributed by atoms with Crippen LogP contribution in [0.4, 0.5) is 5.69 Å². The number of hydrogen-bond acceptors (Lipinski definition) is 6. The van der Waals surface area contributed by atoms with Crippen LogP contribution in [0.3, 0.4) is 0 Å². The Morgan fingerprint density at radius 1 is 1.31 bits per heavy atom. The van der Waals surface area contributed by atoms with E-state index >= 15 is 0 Å². The van der Waals surface area contributed by atoms with E-state index in [2.05, 4.69) is 25.9 Å². The van der Waals surface area contributed by atoms with Crippen LogP contribution >= 0.6 is 23.7 Å². The van der Waals surface area contributed by atoms with Gasteiger partial charge in [0.15, 0.2) is 5.69 Å². The van der Waals surface area contributed by atoms with E-state index in [0.717, 1.165) is 52.5 Å². The number of benzene rings is 1. The highest BCUT2D eigenvalue weighted by molar-refractivity contribution is 7.18. The normalized spacial score (nSPS) is 15.0. The van der Waals surface area contributed by atoms with E-state index in [1.165, 1.54) is 0 Å². The van der Waals surface area contributed by atoms with Gasteiger partial charge in [-0.3, -0.25) is 4.79 Å². The summed E-state index contributed by atoms with van der Waals surface area (Å²) >= 11 is 1.61. The number of thiazole rings is 1. The van der Waals surface area contributed by atoms with Crippen molar-refractivity contribution >= 4 is 45.6 Å². The van der Waals surface area contributed by atoms with Crippen molar-refractivity contribution in [3.05, 3.63) is 34.6 Å². The van der Waals surface area contributed by atoms with Crippen molar-refractivity contribution < 1.29 is 4.79 Å². The Morgan fingerprint density at radius 2 is 2.08 bits per heavy atom. The summed E-state index contributed by atoms with van der Waals surface area (Å²) in [6.07, 6.45) is 2.01. The molecular formula is C17H21ClN6OS. The Bertz CT molecular complexity index is 931. The van der Waals surface area contributed by atoms with Gasteiger partial charge in [0.05, 0.1) is 27.0 Å². The number of nitrogens with one attached hydrogen (secondary N) is 2. The molecule has 138 valence electrons. The molecule has 0 saturated carbocycles. The molecule has 1 aromatic carbocycles. The lowest BCUT2D eigenvalue weighted by molar-refractivity contribution is 0.102. The van der Waals surface area contributed by atoms with Crippen molar-refractivity contribution in [2.45, 2.75) is 32.7 Å². The highest BCUT2D eigenvalue weighted by atomic mass is 35.5. The number of rotatable bonds is 3. The number of carbonyl (C=O) groups excluding carboxylic acids is 1. The van der Waals surface area contributed by atoms with Gasteiger partial charge in [0.2, 0.25) is 0 Å². The van der Waals surface area contributed by atoms with Crippen molar-refractivity contribution in [3.8, 4) is 0 Å². The lowest BCUT2D eigenvalue weighted by atomic mass is 10.1. The molecule has 3 heterocycles. The Hall–Kier alpha value is -2.03. The molecular weight excluding hydrogens is 372 g/mol. The fourth-order valence-electron chi connectivity index (χ4n) is 3.26. The predicted molar refractivity (Wildman–Crippen MR) is 105 cm³/mol. The first kappa shape index (κ1) is 18.8. The number of fused-ring (bicyclic) bond motifs is 1. The quantitative estimate of drug-likeness (QED) is 0.715. The Kier molecular flexibility index (Phi) is 5.55. The van der Waals surface area contributed by atoms with E-state index in [4.69, 9.17) is 0 Å². The summed E-state index contributed by atoms with van der Waals surface area (Å²) in [6.45, 7) is 5.83. The summed E-state index contributed by atoms with van der Waals surface area (Å²) < 4.78 is 2.95. The SMILES string of the molecule is Cc1nc2ccc(NC(=O)c3nnn(C4CCNCC4)c3C)cc2s1.Cl. The third kappa shape index (κ3) is 3.58. The smallest absolute Gasteiger partial charge is 0.278 e. The maximum absolute atomic E-state index is 12.6. The van der Waals surface area contributed by atoms with Gasteiger partial charge in [-0.1, -0.05) is 5.21 Å². The molecule has 7 nitrogen and oxygen atoms in total. The molecule has 1 fully saturated rings. The third-order valence-corrected chi connectivity index (χ3v) is 5.48. The molecule has 2 N–H and O–H groups in total. The van der Waals surface area contributed by atoms with Crippen LogP contribution in [-0.4, -0.2) is 39.0 Å². The molecule has 1 amide bonds. The van der Waals surface area contributed by atoms with E-state index in [0.29, 0.717) is 11.7 Å². The fraction of sp³-hybridized carbons (Fsp3) is 0.412. The summed E-state index contributed by atoms with van der Waals surface area (Å²) in [6, 6.07) is 6.05. The van der Waals surface area contributed by atoms with Crippen LogP contribution in [0, 0.1) is 13.8 Å². The molecule has 0 atom stereocenters. The molecule has 1 aliphatic rings. The van der Waals surface area contributed by atoms with Gasteiger partial charge in [-0.2, -0.15) is 0 Å². The van der Waals surface area contributed by atoms with Crippen LogP contribution in [0.2, 0.25) is 0 Å². The van der Waals surface area contributed by atoms with Crippen molar-refractivity contribution in [3.63, 3.8) is 0 Å². The largest absolute Gasteiger partial charge is 0.320 e. The molecule has 0 aliphatic carbocycles. The summed E-state index contributed by atoms with van der Waals surface area (Å²) in [4.78, 5) is 17.1. The number of aryl methyl sites for hydroxylation is 1. The zero-order valence-electron chi connectivity index (χ0n) is 14.7. The lowest BCUT2D eigenvalue weighted by Gasteiger charge is -2.23. The van der Waals surface area contributed by atoms with E-state index < -0.39 is 0 Å². The molecule has 0 bridgehead atoms. The summed E-state index contributed by atoms with van der Waals surface area (Å²) in [5, 5.41) is 15.6. The molecule has 0 spiro atoms. The Balaban J connectivity index is 0.00000196. The van der Waals surface area contributed by atoms with Crippen molar-refractivity contribution in [1.29, 1.82) is 0 Å². The molecule has 3 aromatic rings.